The summed E-state index contributed by atoms with van der Waals surface area (Å²) < 4.78 is 7.17. The highest BCUT2D eigenvalue weighted by Crippen LogP contribution is 2.13. The minimum absolute atomic E-state index is 0.0129. The largest absolute Gasteiger partial charge is 0.367 e. The maximum absolute atomic E-state index is 12.1. The average molecular weight is 356 g/mol. The first-order valence-corrected chi connectivity index (χ1v) is 8.26. The van der Waals surface area contributed by atoms with E-state index in [1.165, 1.54) is 0 Å². The summed E-state index contributed by atoms with van der Waals surface area (Å²) in [5.74, 6) is 0.414. The molecule has 0 unspecified atom stereocenters. The number of nitrogens with zero attached hydrogens (tertiary/aromatic N) is 2. The van der Waals surface area contributed by atoms with Crippen LogP contribution in [-0.4, -0.2) is 22.3 Å². The predicted octanol–water partition coefficient (Wildman–Crippen LogP) is 3.74. The fourth-order valence-electron chi connectivity index (χ4n) is 2.34. The molecule has 0 aliphatic carbocycles. The first-order valence-electron chi connectivity index (χ1n) is 7.88. The lowest BCUT2D eigenvalue weighted by Crippen LogP contribution is -2.20. The van der Waals surface area contributed by atoms with Crippen LogP contribution in [0.3, 0.4) is 0 Å². The third kappa shape index (κ3) is 5.17. The van der Waals surface area contributed by atoms with E-state index < -0.39 is 0 Å². The molecule has 3 rings (SSSR count). The lowest BCUT2D eigenvalue weighted by Gasteiger charge is -2.10. The quantitative estimate of drug-likeness (QED) is 0.702. The molecule has 25 heavy (non-hydrogen) atoms. The Morgan fingerprint density at radius 2 is 1.80 bits per heavy atom. The van der Waals surface area contributed by atoms with E-state index in [2.05, 4.69) is 10.4 Å². The first-order chi connectivity index (χ1) is 12.2. The van der Waals surface area contributed by atoms with Gasteiger partial charge in [-0.05, 0) is 23.3 Å². The highest BCUT2D eigenvalue weighted by atomic mass is 35.5. The van der Waals surface area contributed by atoms with Crippen LogP contribution in [0.4, 0.5) is 5.82 Å². The Hall–Kier alpha value is -2.63. The van der Waals surface area contributed by atoms with Crippen LogP contribution in [-0.2, 0) is 22.7 Å². The second kappa shape index (κ2) is 8.46. The highest BCUT2D eigenvalue weighted by Gasteiger charge is 2.08. The normalized spacial score (nSPS) is 10.6. The first kappa shape index (κ1) is 17.2. The summed E-state index contributed by atoms with van der Waals surface area (Å²) in [4.78, 5) is 12.1. The lowest BCUT2D eigenvalue weighted by atomic mass is 10.2. The number of nitrogens with one attached hydrogen (secondary N) is 1. The van der Waals surface area contributed by atoms with E-state index in [-0.39, 0.29) is 12.5 Å². The topological polar surface area (TPSA) is 56.1 Å². The van der Waals surface area contributed by atoms with Gasteiger partial charge in [-0.25, -0.2) is 4.68 Å². The molecule has 0 fully saturated rings. The number of anilines is 1. The predicted molar refractivity (Wildman–Crippen MR) is 97.5 cm³/mol. The molecule has 0 atom stereocenters. The number of hydrogen-bond donors (Lipinski definition) is 1. The van der Waals surface area contributed by atoms with Gasteiger partial charge >= 0.3 is 0 Å². The number of carbonyl (C=O) groups excluding carboxylic acids is 1. The Morgan fingerprint density at radius 1 is 1.04 bits per heavy atom. The van der Waals surface area contributed by atoms with Crippen LogP contribution in [0.1, 0.15) is 11.1 Å². The molecule has 0 radical (unpaired) electrons. The Bertz CT molecular complexity index is 816. The smallest absolute Gasteiger partial charge is 0.251 e. The molecule has 1 heterocycles. The van der Waals surface area contributed by atoms with E-state index >= 15 is 0 Å². The summed E-state index contributed by atoms with van der Waals surface area (Å²) in [5.41, 5.74) is 2.08. The van der Waals surface area contributed by atoms with Gasteiger partial charge in [-0.15, -0.1) is 0 Å². The number of aromatic nitrogens is 2. The molecule has 2 aromatic carbocycles. The van der Waals surface area contributed by atoms with Gasteiger partial charge in [0.2, 0.25) is 0 Å². The fourth-order valence-corrected chi connectivity index (χ4v) is 2.47. The summed E-state index contributed by atoms with van der Waals surface area (Å²) >= 11 is 5.89. The van der Waals surface area contributed by atoms with Crippen LogP contribution in [0, 0.1) is 0 Å². The van der Waals surface area contributed by atoms with Crippen molar-refractivity contribution in [2.24, 2.45) is 0 Å². The zero-order valence-corrected chi connectivity index (χ0v) is 14.3. The molecule has 0 bridgehead atoms. The number of ether oxygens (including phenoxy) is 1. The summed E-state index contributed by atoms with van der Waals surface area (Å²) in [6.07, 6.45) is 1.65. The van der Waals surface area contributed by atoms with Crippen LogP contribution in [0.2, 0.25) is 5.02 Å². The van der Waals surface area contributed by atoms with Gasteiger partial charge < -0.3 is 10.1 Å². The number of amides is 1. The van der Waals surface area contributed by atoms with Crippen LogP contribution in [0.25, 0.3) is 0 Å². The summed E-state index contributed by atoms with van der Waals surface area (Å²) in [7, 11) is 0. The van der Waals surface area contributed by atoms with Gasteiger partial charge in [0.15, 0.2) is 0 Å². The van der Waals surface area contributed by atoms with E-state index in [9.17, 15) is 4.79 Å². The van der Waals surface area contributed by atoms with Crippen molar-refractivity contribution in [3.8, 4) is 0 Å². The molecule has 5 nitrogen and oxygen atoms in total. The van der Waals surface area contributed by atoms with Gasteiger partial charge in [-0.1, -0.05) is 54.1 Å². The van der Waals surface area contributed by atoms with Crippen LogP contribution >= 0.6 is 11.6 Å². The van der Waals surface area contributed by atoms with E-state index in [0.717, 1.165) is 11.1 Å². The molecular weight excluding hydrogens is 338 g/mol. The molecule has 0 aliphatic heterocycles. The number of carbonyl (C=O) groups is 1. The van der Waals surface area contributed by atoms with Crippen molar-refractivity contribution in [3.63, 3.8) is 0 Å². The third-order valence-electron chi connectivity index (χ3n) is 3.57. The lowest BCUT2D eigenvalue weighted by molar-refractivity contribution is -0.121. The summed E-state index contributed by atoms with van der Waals surface area (Å²) in [6, 6.07) is 19.0. The number of halogens is 1. The number of rotatable bonds is 7. The van der Waals surface area contributed by atoms with E-state index in [1.54, 1.807) is 16.9 Å². The molecule has 1 N–H and O–H groups in total. The van der Waals surface area contributed by atoms with Crippen molar-refractivity contribution < 1.29 is 9.53 Å². The molecule has 128 valence electrons. The second-order valence-corrected chi connectivity index (χ2v) is 5.96. The zero-order valence-electron chi connectivity index (χ0n) is 13.6. The van der Waals surface area contributed by atoms with Gasteiger partial charge in [0.25, 0.3) is 5.91 Å². The van der Waals surface area contributed by atoms with Gasteiger partial charge in [0.1, 0.15) is 12.4 Å². The van der Waals surface area contributed by atoms with Crippen LogP contribution in [0.5, 0.6) is 0 Å². The molecule has 0 saturated carbocycles. The molecule has 0 saturated heterocycles. The Morgan fingerprint density at radius 3 is 2.56 bits per heavy atom. The van der Waals surface area contributed by atoms with E-state index in [0.29, 0.717) is 24.0 Å². The van der Waals surface area contributed by atoms with Crippen molar-refractivity contribution in [1.82, 2.24) is 9.78 Å². The monoisotopic (exact) mass is 355 g/mol. The number of benzene rings is 2. The Labute approximate surface area is 151 Å². The second-order valence-electron chi connectivity index (χ2n) is 5.53. The fraction of sp³-hybridized carbons (Fsp3) is 0.158. The van der Waals surface area contributed by atoms with E-state index in [1.807, 2.05) is 54.6 Å². The van der Waals surface area contributed by atoms with Gasteiger partial charge in [-0.3, -0.25) is 4.79 Å². The minimum atomic E-state index is -0.214. The van der Waals surface area contributed by atoms with Crippen molar-refractivity contribution in [2.75, 3.05) is 11.9 Å². The molecular formula is C19H18ClN3O2. The molecule has 1 amide bonds. The SMILES string of the molecule is O=C(COCc1ccccc1)Nc1ccnn1Cc1ccc(Cl)cc1. The molecule has 6 heteroatoms. The molecule has 1 aromatic heterocycles. The zero-order chi connectivity index (χ0) is 17.5. The Kier molecular flexibility index (Phi) is 5.82. The summed E-state index contributed by atoms with van der Waals surface area (Å²) in [5, 5.41) is 7.75. The Balaban J connectivity index is 1.52. The van der Waals surface area contributed by atoms with Crippen molar-refractivity contribution in [3.05, 3.63) is 83.0 Å². The van der Waals surface area contributed by atoms with Crippen molar-refractivity contribution in [2.45, 2.75) is 13.2 Å². The average Bonchev–Trinajstić information content (AvgIpc) is 3.04. The maximum Gasteiger partial charge on any atom is 0.251 e. The van der Waals surface area contributed by atoms with Gasteiger partial charge in [0, 0.05) is 11.1 Å². The van der Waals surface area contributed by atoms with Crippen LogP contribution in [0.15, 0.2) is 66.9 Å². The molecule has 3 aromatic rings. The maximum atomic E-state index is 12.1. The van der Waals surface area contributed by atoms with Gasteiger partial charge in [0.05, 0.1) is 19.3 Å². The number of hydrogen-bond acceptors (Lipinski definition) is 3. The van der Waals surface area contributed by atoms with Crippen molar-refractivity contribution in [1.29, 1.82) is 0 Å². The van der Waals surface area contributed by atoms with Crippen LogP contribution < -0.4 is 5.32 Å². The van der Waals surface area contributed by atoms with E-state index in [4.69, 9.17) is 16.3 Å². The molecule has 0 spiro atoms. The minimum Gasteiger partial charge on any atom is -0.367 e. The summed E-state index contributed by atoms with van der Waals surface area (Å²) in [6.45, 7) is 0.934. The third-order valence-corrected chi connectivity index (χ3v) is 3.83. The molecule has 0 aliphatic rings. The standard InChI is InChI=1S/C19H18ClN3O2/c20-17-8-6-15(7-9-17)12-23-18(10-11-21-23)22-19(24)14-25-13-16-4-2-1-3-5-16/h1-11H,12-14H2,(H,22,24). The van der Waals surface area contributed by atoms with Crippen molar-refractivity contribution >= 4 is 23.3 Å². The van der Waals surface area contributed by atoms with Gasteiger partial charge in [-0.2, -0.15) is 5.10 Å². The highest BCUT2D eigenvalue weighted by molar-refractivity contribution is 6.30.